The summed E-state index contributed by atoms with van der Waals surface area (Å²) in [5, 5.41) is 6.97. The molecule has 4 rings (SSSR count). The highest BCUT2D eigenvalue weighted by Gasteiger charge is 2.12. The van der Waals surface area contributed by atoms with Crippen molar-refractivity contribution in [3.05, 3.63) is 88.5 Å². The molecule has 158 valence electrons. The van der Waals surface area contributed by atoms with Gasteiger partial charge in [-0.2, -0.15) is 0 Å². The molecule has 1 aromatic carbocycles. The molecule has 0 spiro atoms. The highest BCUT2D eigenvalue weighted by molar-refractivity contribution is 5.79. The molecule has 8 heteroatoms. The van der Waals surface area contributed by atoms with Crippen LogP contribution in [0.25, 0.3) is 10.9 Å². The van der Waals surface area contributed by atoms with Gasteiger partial charge in [0.05, 0.1) is 12.7 Å². The van der Waals surface area contributed by atoms with Crippen LogP contribution in [-0.4, -0.2) is 32.0 Å². The van der Waals surface area contributed by atoms with Gasteiger partial charge in [0.2, 0.25) is 5.91 Å². The van der Waals surface area contributed by atoms with Crippen LogP contribution in [0.4, 0.5) is 5.69 Å². The van der Waals surface area contributed by atoms with E-state index in [-0.39, 0.29) is 18.0 Å². The van der Waals surface area contributed by atoms with Crippen LogP contribution >= 0.6 is 0 Å². The largest absolute Gasteiger partial charge is 0.379 e. The number of H-pyrrole nitrogens is 1. The number of fused-ring (bicyclic) bond motifs is 1. The summed E-state index contributed by atoms with van der Waals surface area (Å²) in [5.74, 6) is 0.232. The monoisotopic (exact) mass is 416 g/mol. The first-order valence-corrected chi connectivity index (χ1v) is 10.1. The fraction of sp³-hybridized carbons (Fsp3) is 0.217. The molecule has 0 aliphatic heterocycles. The second-order valence-electron chi connectivity index (χ2n) is 7.31. The molecule has 0 saturated carbocycles. The number of hydrogen-bond donors (Lipinski definition) is 3. The van der Waals surface area contributed by atoms with Gasteiger partial charge in [-0.05, 0) is 31.0 Å². The lowest BCUT2D eigenvalue weighted by atomic mass is 10.1. The predicted molar refractivity (Wildman–Crippen MR) is 120 cm³/mol. The van der Waals surface area contributed by atoms with Crippen molar-refractivity contribution in [2.24, 2.45) is 0 Å². The van der Waals surface area contributed by atoms with Crippen molar-refractivity contribution < 1.29 is 4.79 Å². The number of benzene rings is 1. The van der Waals surface area contributed by atoms with Gasteiger partial charge in [0.1, 0.15) is 18.1 Å². The van der Waals surface area contributed by atoms with Crippen molar-refractivity contribution in [2.75, 3.05) is 11.9 Å². The Morgan fingerprint density at radius 1 is 1.16 bits per heavy atom. The third-order valence-corrected chi connectivity index (χ3v) is 5.07. The zero-order chi connectivity index (χ0) is 21.6. The molecule has 8 nitrogen and oxygen atoms in total. The lowest BCUT2D eigenvalue weighted by Gasteiger charge is -2.12. The summed E-state index contributed by atoms with van der Waals surface area (Å²) in [7, 11) is 0. The number of amides is 1. The summed E-state index contributed by atoms with van der Waals surface area (Å²) in [6.07, 6.45) is 5.79. The summed E-state index contributed by atoms with van der Waals surface area (Å²) in [5.41, 5.74) is 3.15. The SMILES string of the molecule is Cc1ncc(NCCc2ccccc2)c(=O)n1CC(=O)NCc1cc2cnccc2[nH]1. The number of rotatable bonds is 8. The fourth-order valence-corrected chi connectivity index (χ4v) is 3.39. The molecule has 0 aliphatic rings. The third kappa shape index (κ3) is 4.98. The smallest absolute Gasteiger partial charge is 0.277 e. The van der Waals surface area contributed by atoms with Crippen LogP contribution in [0.15, 0.2) is 65.8 Å². The van der Waals surface area contributed by atoms with Crippen LogP contribution in [0.1, 0.15) is 17.1 Å². The molecule has 3 aromatic heterocycles. The summed E-state index contributed by atoms with van der Waals surface area (Å²) < 4.78 is 1.38. The lowest BCUT2D eigenvalue weighted by Crippen LogP contribution is -2.34. The minimum absolute atomic E-state index is 0.0896. The number of carbonyl (C=O) groups is 1. The van der Waals surface area contributed by atoms with E-state index in [1.165, 1.54) is 16.3 Å². The number of aromatic amines is 1. The summed E-state index contributed by atoms with van der Waals surface area (Å²) in [4.78, 5) is 36.9. The van der Waals surface area contributed by atoms with Gasteiger partial charge in [0.25, 0.3) is 5.56 Å². The third-order valence-electron chi connectivity index (χ3n) is 5.07. The van der Waals surface area contributed by atoms with Gasteiger partial charge in [-0.25, -0.2) is 4.98 Å². The van der Waals surface area contributed by atoms with Crippen molar-refractivity contribution in [1.29, 1.82) is 0 Å². The first kappa shape index (κ1) is 20.3. The van der Waals surface area contributed by atoms with Gasteiger partial charge in [-0.1, -0.05) is 30.3 Å². The second-order valence-corrected chi connectivity index (χ2v) is 7.31. The average Bonchev–Trinajstić information content (AvgIpc) is 3.20. The molecule has 0 fully saturated rings. The van der Waals surface area contributed by atoms with E-state index in [0.717, 1.165) is 23.0 Å². The van der Waals surface area contributed by atoms with Crippen molar-refractivity contribution >= 4 is 22.5 Å². The van der Waals surface area contributed by atoms with E-state index in [1.807, 2.05) is 42.5 Å². The maximum absolute atomic E-state index is 12.8. The first-order valence-electron chi connectivity index (χ1n) is 10.1. The predicted octanol–water partition coefficient (Wildman–Crippen LogP) is 2.40. The van der Waals surface area contributed by atoms with Gasteiger partial charge in [0.15, 0.2) is 0 Å². The molecule has 4 aromatic rings. The quantitative estimate of drug-likeness (QED) is 0.409. The summed E-state index contributed by atoms with van der Waals surface area (Å²) >= 11 is 0. The summed E-state index contributed by atoms with van der Waals surface area (Å²) in [6.45, 7) is 2.57. The maximum atomic E-state index is 12.8. The number of aromatic nitrogens is 4. The lowest BCUT2D eigenvalue weighted by molar-refractivity contribution is -0.121. The Bertz CT molecular complexity index is 1210. The van der Waals surface area contributed by atoms with Crippen molar-refractivity contribution in [3.63, 3.8) is 0 Å². The highest BCUT2D eigenvalue weighted by Crippen LogP contribution is 2.13. The van der Waals surface area contributed by atoms with E-state index < -0.39 is 0 Å². The van der Waals surface area contributed by atoms with Crippen LogP contribution in [0.3, 0.4) is 0 Å². The number of pyridine rings is 1. The van der Waals surface area contributed by atoms with E-state index in [0.29, 0.717) is 24.6 Å². The van der Waals surface area contributed by atoms with Crippen LogP contribution in [-0.2, 0) is 24.3 Å². The Hall–Kier alpha value is -3.94. The molecule has 0 unspecified atom stereocenters. The fourth-order valence-electron chi connectivity index (χ4n) is 3.39. The highest BCUT2D eigenvalue weighted by atomic mass is 16.2. The summed E-state index contributed by atoms with van der Waals surface area (Å²) in [6, 6.07) is 13.9. The molecule has 1 amide bonds. The zero-order valence-electron chi connectivity index (χ0n) is 17.3. The Labute approximate surface area is 179 Å². The van der Waals surface area contributed by atoms with Crippen LogP contribution in [0.2, 0.25) is 0 Å². The Morgan fingerprint density at radius 2 is 2.00 bits per heavy atom. The van der Waals surface area contributed by atoms with Crippen molar-refractivity contribution in [2.45, 2.75) is 26.4 Å². The molecule has 0 radical (unpaired) electrons. The number of aryl methyl sites for hydroxylation is 1. The molecular weight excluding hydrogens is 392 g/mol. The van der Waals surface area contributed by atoms with Gasteiger partial charge in [-0.3, -0.25) is 19.1 Å². The van der Waals surface area contributed by atoms with Crippen LogP contribution < -0.4 is 16.2 Å². The van der Waals surface area contributed by atoms with Crippen molar-refractivity contribution in [3.8, 4) is 0 Å². The minimum Gasteiger partial charge on any atom is -0.379 e. The Morgan fingerprint density at radius 3 is 2.81 bits per heavy atom. The van der Waals surface area contributed by atoms with E-state index in [4.69, 9.17) is 0 Å². The molecule has 0 atom stereocenters. The molecular formula is C23H24N6O2. The van der Waals surface area contributed by atoms with Crippen LogP contribution in [0, 0.1) is 6.92 Å². The van der Waals surface area contributed by atoms with Gasteiger partial charge in [-0.15, -0.1) is 0 Å². The van der Waals surface area contributed by atoms with E-state index in [9.17, 15) is 9.59 Å². The Kier molecular flexibility index (Phi) is 6.07. The molecule has 3 N–H and O–H groups in total. The number of hydrogen-bond acceptors (Lipinski definition) is 5. The number of nitrogens with zero attached hydrogens (tertiary/aromatic N) is 3. The van der Waals surface area contributed by atoms with E-state index in [1.54, 1.807) is 19.3 Å². The van der Waals surface area contributed by atoms with Crippen molar-refractivity contribution in [1.82, 2.24) is 24.8 Å². The second kappa shape index (κ2) is 9.25. The molecule has 0 bridgehead atoms. The topological polar surface area (TPSA) is 105 Å². The van der Waals surface area contributed by atoms with E-state index in [2.05, 4.69) is 25.6 Å². The molecule has 0 aliphatic carbocycles. The van der Waals surface area contributed by atoms with E-state index >= 15 is 0 Å². The molecule has 0 saturated heterocycles. The average molecular weight is 416 g/mol. The van der Waals surface area contributed by atoms with Crippen LogP contribution in [0.5, 0.6) is 0 Å². The van der Waals surface area contributed by atoms with Gasteiger partial charge < -0.3 is 15.6 Å². The number of carbonyl (C=O) groups excluding carboxylic acids is 1. The maximum Gasteiger partial charge on any atom is 0.277 e. The Balaban J connectivity index is 1.37. The molecule has 31 heavy (non-hydrogen) atoms. The standard InChI is InChI=1S/C23H24N6O2/c1-16-26-14-21(25-10-7-17-5-3-2-4-6-17)23(31)29(16)15-22(30)27-13-19-11-18-12-24-9-8-20(18)28-19/h2-6,8-9,11-12,14,25,28H,7,10,13,15H2,1H3,(H,27,30). The van der Waals surface area contributed by atoms with Gasteiger partial charge in [0, 0.05) is 35.5 Å². The number of anilines is 1. The number of nitrogens with one attached hydrogen (secondary N) is 3. The van der Waals surface area contributed by atoms with Gasteiger partial charge >= 0.3 is 0 Å². The molecule has 3 heterocycles. The first-order chi connectivity index (χ1) is 15.1. The normalized spacial score (nSPS) is 10.9. The zero-order valence-corrected chi connectivity index (χ0v) is 17.3. The minimum atomic E-state index is -0.259.